The molecular weight excluding hydrogens is 519 g/mol. The third-order valence-electron chi connectivity index (χ3n) is 5.82. The van der Waals surface area contributed by atoms with Gasteiger partial charge in [-0.05, 0) is 108 Å². The molecule has 34 heavy (non-hydrogen) atoms. The highest BCUT2D eigenvalue weighted by Gasteiger charge is 2.50. The topological polar surface area (TPSA) is 88.4 Å². The summed E-state index contributed by atoms with van der Waals surface area (Å²) in [4.78, 5) is 25.9. The van der Waals surface area contributed by atoms with Crippen LogP contribution >= 0.6 is 15.9 Å². The largest absolute Gasteiger partial charge is 0.444 e. The van der Waals surface area contributed by atoms with E-state index < -0.39 is 36.8 Å². The molecule has 1 N–H and O–H groups in total. The minimum atomic E-state index is -2.16. The van der Waals surface area contributed by atoms with Gasteiger partial charge in [0.05, 0.1) is 16.0 Å². The molecular formula is C25H36BrFN2O4Si. The summed E-state index contributed by atoms with van der Waals surface area (Å²) in [5, 5.41) is 12.9. The number of benzene rings is 1. The minimum Gasteiger partial charge on any atom is -0.444 e. The highest BCUT2D eigenvalue weighted by atomic mass is 79.9. The predicted molar refractivity (Wildman–Crippen MR) is 136 cm³/mol. The molecule has 0 radical (unpaired) electrons. The van der Waals surface area contributed by atoms with Gasteiger partial charge in [-0.1, -0.05) is 6.07 Å². The van der Waals surface area contributed by atoms with E-state index in [0.717, 1.165) is 0 Å². The van der Waals surface area contributed by atoms with Crippen LogP contribution in [0.5, 0.6) is 0 Å². The normalized spacial score (nSPS) is 24.1. The van der Waals surface area contributed by atoms with E-state index in [1.165, 1.54) is 12.1 Å². The van der Waals surface area contributed by atoms with E-state index in [0.29, 0.717) is 32.1 Å². The number of ketones is 1. The third kappa shape index (κ3) is 7.37. The van der Waals surface area contributed by atoms with Crippen LogP contribution < -0.4 is 5.32 Å². The summed E-state index contributed by atoms with van der Waals surface area (Å²) < 4.78 is 26.1. The van der Waals surface area contributed by atoms with Gasteiger partial charge < -0.3 is 14.5 Å². The molecule has 1 saturated carbocycles. The number of amides is 1. The van der Waals surface area contributed by atoms with Crippen LogP contribution in [0.3, 0.4) is 0 Å². The number of hydrogen-bond donors (Lipinski definition) is 1. The first-order valence-electron chi connectivity index (χ1n) is 11.6. The molecule has 0 heterocycles. The van der Waals surface area contributed by atoms with Gasteiger partial charge in [-0.3, -0.25) is 4.79 Å². The molecule has 0 aromatic heterocycles. The van der Waals surface area contributed by atoms with Crippen molar-refractivity contribution in [1.29, 1.82) is 5.26 Å². The zero-order chi connectivity index (χ0) is 25.9. The number of Topliss-reactive ketones (excluding diaryl/α,β-unsaturated/α-hetero) is 1. The van der Waals surface area contributed by atoms with Crippen molar-refractivity contribution in [2.45, 2.75) is 96.7 Å². The van der Waals surface area contributed by atoms with Crippen molar-refractivity contribution in [1.82, 2.24) is 5.32 Å². The first kappa shape index (κ1) is 28.5. The molecule has 1 fully saturated rings. The highest BCUT2D eigenvalue weighted by Crippen LogP contribution is 2.47. The van der Waals surface area contributed by atoms with Gasteiger partial charge in [-0.15, -0.1) is 0 Å². The lowest BCUT2D eigenvalue weighted by atomic mass is 9.65. The summed E-state index contributed by atoms with van der Waals surface area (Å²) in [6, 6.07) is 6.58. The van der Waals surface area contributed by atoms with Gasteiger partial charge in [0.25, 0.3) is 0 Å². The Morgan fingerprint density at radius 1 is 1.24 bits per heavy atom. The molecule has 9 heteroatoms. The number of carbonyl (C=O) groups is 2. The monoisotopic (exact) mass is 554 g/mol. The number of nitriles is 1. The minimum absolute atomic E-state index is 0.130. The molecule has 2 rings (SSSR count). The Morgan fingerprint density at radius 3 is 2.32 bits per heavy atom. The summed E-state index contributed by atoms with van der Waals surface area (Å²) >= 11 is 3.22. The summed E-state index contributed by atoms with van der Waals surface area (Å²) in [6.07, 6.45) is 1.49. The SMILES string of the molecule is C[C@@H](CC1(C#N)CCC(O[Si](C)(C)C)(C(=O)c2cccc(F)c2Br)CC1)NC(=O)OC(C)(C)C. The average Bonchev–Trinajstić information content (AvgIpc) is 2.68. The van der Waals surface area contributed by atoms with Crippen LogP contribution in [0.4, 0.5) is 9.18 Å². The summed E-state index contributed by atoms with van der Waals surface area (Å²) in [5.74, 6) is -0.758. The average molecular weight is 556 g/mol. The first-order valence-corrected chi connectivity index (χ1v) is 15.8. The molecule has 1 aromatic rings. The van der Waals surface area contributed by atoms with E-state index in [2.05, 4.69) is 27.3 Å². The Balaban J connectivity index is 2.24. The van der Waals surface area contributed by atoms with Gasteiger partial charge in [0.15, 0.2) is 14.1 Å². The van der Waals surface area contributed by atoms with E-state index in [1.807, 2.05) is 26.6 Å². The Bertz CT molecular complexity index is 957. The lowest BCUT2D eigenvalue weighted by Gasteiger charge is -2.46. The predicted octanol–water partition coefficient (Wildman–Crippen LogP) is 6.75. The molecule has 6 nitrogen and oxygen atoms in total. The number of alkyl carbamates (subject to hydrolysis) is 1. The van der Waals surface area contributed by atoms with Crippen molar-refractivity contribution in [3.8, 4) is 6.07 Å². The van der Waals surface area contributed by atoms with Crippen LogP contribution in [0.2, 0.25) is 19.6 Å². The molecule has 0 spiro atoms. The van der Waals surface area contributed by atoms with E-state index >= 15 is 0 Å². The maximum Gasteiger partial charge on any atom is 0.407 e. The van der Waals surface area contributed by atoms with Crippen molar-refractivity contribution >= 4 is 36.1 Å². The molecule has 1 aliphatic carbocycles. The second kappa shape index (κ2) is 10.5. The Labute approximate surface area is 211 Å². The Kier molecular flexibility index (Phi) is 8.77. The lowest BCUT2D eigenvalue weighted by molar-refractivity contribution is 0.00184. The first-order chi connectivity index (χ1) is 15.5. The van der Waals surface area contributed by atoms with Gasteiger partial charge in [-0.2, -0.15) is 5.26 Å². The quantitative estimate of drug-likeness (QED) is 0.297. The van der Waals surface area contributed by atoms with Crippen LogP contribution in [0.15, 0.2) is 22.7 Å². The van der Waals surface area contributed by atoms with Crippen LogP contribution in [0.25, 0.3) is 0 Å². The smallest absolute Gasteiger partial charge is 0.407 e. The zero-order valence-corrected chi connectivity index (χ0v) is 23.8. The van der Waals surface area contributed by atoms with Crippen molar-refractivity contribution < 1.29 is 23.1 Å². The molecule has 1 atom stereocenters. The van der Waals surface area contributed by atoms with E-state index in [1.54, 1.807) is 26.8 Å². The molecule has 1 amide bonds. The van der Waals surface area contributed by atoms with Gasteiger partial charge in [0.1, 0.15) is 17.0 Å². The van der Waals surface area contributed by atoms with Crippen LogP contribution in [0, 0.1) is 22.6 Å². The van der Waals surface area contributed by atoms with Crippen molar-refractivity contribution in [3.63, 3.8) is 0 Å². The fraction of sp³-hybridized carbons (Fsp3) is 0.640. The third-order valence-corrected chi connectivity index (χ3v) is 7.63. The number of carbonyl (C=O) groups excluding carboxylic acids is 2. The molecule has 0 bridgehead atoms. The number of rotatable bonds is 7. The second-order valence-electron chi connectivity index (χ2n) is 11.3. The van der Waals surface area contributed by atoms with Gasteiger partial charge in [0.2, 0.25) is 0 Å². The fourth-order valence-corrected chi connectivity index (χ4v) is 6.44. The Hall–Kier alpha value is -1.76. The summed E-state index contributed by atoms with van der Waals surface area (Å²) in [7, 11) is -2.16. The van der Waals surface area contributed by atoms with Gasteiger partial charge in [-0.25, -0.2) is 9.18 Å². The molecule has 1 aliphatic rings. The number of halogens is 2. The van der Waals surface area contributed by atoms with Crippen LogP contribution in [0.1, 0.15) is 70.2 Å². The number of nitrogens with one attached hydrogen (secondary N) is 1. The highest BCUT2D eigenvalue weighted by molar-refractivity contribution is 9.10. The molecule has 188 valence electrons. The maximum absolute atomic E-state index is 14.2. The summed E-state index contributed by atoms with van der Waals surface area (Å²) in [6.45, 7) is 13.3. The van der Waals surface area contributed by atoms with Gasteiger partial charge in [0, 0.05) is 11.6 Å². The van der Waals surface area contributed by atoms with Crippen molar-refractivity contribution in [2.24, 2.45) is 5.41 Å². The lowest BCUT2D eigenvalue weighted by Crippen LogP contribution is -2.53. The summed E-state index contributed by atoms with van der Waals surface area (Å²) in [5.41, 5.74) is -2.17. The zero-order valence-electron chi connectivity index (χ0n) is 21.2. The van der Waals surface area contributed by atoms with Crippen LogP contribution in [-0.4, -0.2) is 37.4 Å². The molecule has 0 aliphatic heterocycles. The van der Waals surface area contributed by atoms with E-state index in [9.17, 15) is 19.2 Å². The standard InChI is InChI=1S/C25H36BrFN2O4Si/c1-17(29-22(31)32-23(2,3)4)15-24(16-28)11-13-25(14-12-24,33-34(5,6)7)21(30)18-9-8-10-19(27)20(18)26/h8-10,17H,11-15H2,1-7H3,(H,29,31)/t17-,24?,25?/m0/s1. The van der Waals surface area contributed by atoms with Gasteiger partial charge >= 0.3 is 6.09 Å². The molecule has 0 unspecified atom stereocenters. The second-order valence-corrected chi connectivity index (χ2v) is 16.5. The van der Waals surface area contributed by atoms with E-state index in [-0.39, 0.29) is 21.9 Å². The van der Waals surface area contributed by atoms with E-state index in [4.69, 9.17) is 9.16 Å². The van der Waals surface area contributed by atoms with Crippen LogP contribution in [-0.2, 0) is 9.16 Å². The molecule has 0 saturated heterocycles. The molecule has 1 aromatic carbocycles. The number of hydrogen-bond acceptors (Lipinski definition) is 5. The maximum atomic E-state index is 14.2. The number of nitrogens with zero attached hydrogens (tertiary/aromatic N) is 1. The number of ether oxygens (including phenoxy) is 1. The Morgan fingerprint density at radius 2 is 1.82 bits per heavy atom. The fourth-order valence-electron chi connectivity index (χ4n) is 4.53. The van der Waals surface area contributed by atoms with Crippen molar-refractivity contribution in [2.75, 3.05) is 0 Å². The van der Waals surface area contributed by atoms with Crippen molar-refractivity contribution in [3.05, 3.63) is 34.1 Å².